The Kier molecular flexibility index (Phi) is 5.40. The molecule has 0 unspecified atom stereocenters. The number of nitro groups is 1. The highest BCUT2D eigenvalue weighted by Crippen LogP contribution is 2.32. The summed E-state index contributed by atoms with van der Waals surface area (Å²) in [6, 6.07) is 11.1. The van der Waals surface area contributed by atoms with Crippen molar-refractivity contribution in [2.45, 2.75) is 13.5 Å². The SMILES string of the molecule is Cc1cc([N+](=O)[O-])cc(Cl)c1NCc1ccccc1N1CCOCC1. The summed E-state index contributed by atoms with van der Waals surface area (Å²) in [7, 11) is 0. The number of anilines is 2. The van der Waals surface area contributed by atoms with Crippen molar-refractivity contribution in [2.75, 3.05) is 36.5 Å². The zero-order chi connectivity index (χ0) is 17.8. The first-order valence-corrected chi connectivity index (χ1v) is 8.53. The maximum absolute atomic E-state index is 10.9. The molecule has 132 valence electrons. The third kappa shape index (κ3) is 4.03. The first-order valence-electron chi connectivity index (χ1n) is 8.15. The summed E-state index contributed by atoms with van der Waals surface area (Å²) in [6.45, 7) is 5.60. The first kappa shape index (κ1) is 17.5. The third-order valence-electron chi connectivity index (χ3n) is 4.28. The van der Waals surface area contributed by atoms with E-state index in [2.05, 4.69) is 22.3 Å². The van der Waals surface area contributed by atoms with Crippen molar-refractivity contribution in [2.24, 2.45) is 0 Å². The highest BCUT2D eigenvalue weighted by Gasteiger charge is 2.16. The van der Waals surface area contributed by atoms with E-state index in [1.54, 1.807) is 0 Å². The minimum absolute atomic E-state index is 0.00164. The second-order valence-electron chi connectivity index (χ2n) is 5.96. The lowest BCUT2D eigenvalue weighted by Gasteiger charge is -2.30. The minimum Gasteiger partial charge on any atom is -0.379 e. The Morgan fingerprint density at radius 3 is 2.68 bits per heavy atom. The number of nitrogens with one attached hydrogen (secondary N) is 1. The quantitative estimate of drug-likeness (QED) is 0.643. The predicted molar refractivity (Wildman–Crippen MR) is 99.6 cm³/mol. The van der Waals surface area contributed by atoms with E-state index in [0.29, 0.717) is 11.6 Å². The van der Waals surface area contributed by atoms with E-state index in [1.807, 2.05) is 19.1 Å². The Morgan fingerprint density at radius 1 is 1.28 bits per heavy atom. The minimum atomic E-state index is -0.434. The summed E-state index contributed by atoms with van der Waals surface area (Å²) >= 11 is 6.24. The lowest BCUT2D eigenvalue weighted by molar-refractivity contribution is -0.384. The van der Waals surface area contributed by atoms with Crippen molar-refractivity contribution in [1.29, 1.82) is 0 Å². The molecule has 0 atom stereocenters. The standard InChI is InChI=1S/C18H20ClN3O3/c1-13-10-15(22(23)24)11-16(19)18(13)20-12-14-4-2-3-5-17(14)21-6-8-25-9-7-21/h2-5,10-11,20H,6-9,12H2,1H3. The normalized spacial score (nSPS) is 14.4. The second kappa shape index (κ2) is 7.72. The molecule has 0 saturated carbocycles. The van der Waals surface area contributed by atoms with Gasteiger partial charge in [0.1, 0.15) is 0 Å². The van der Waals surface area contributed by atoms with Crippen LogP contribution >= 0.6 is 11.6 Å². The van der Waals surface area contributed by atoms with Gasteiger partial charge in [-0.15, -0.1) is 0 Å². The highest BCUT2D eigenvalue weighted by atomic mass is 35.5. The smallest absolute Gasteiger partial charge is 0.271 e. The summed E-state index contributed by atoms with van der Waals surface area (Å²) in [5, 5.41) is 14.6. The summed E-state index contributed by atoms with van der Waals surface area (Å²) in [5.41, 5.74) is 3.81. The van der Waals surface area contributed by atoms with Gasteiger partial charge in [-0.2, -0.15) is 0 Å². The number of non-ortho nitro benzene ring substituents is 1. The Hall–Kier alpha value is -2.31. The average molecular weight is 362 g/mol. The molecule has 7 heteroatoms. The number of para-hydroxylation sites is 1. The van der Waals surface area contributed by atoms with Crippen LogP contribution in [0.3, 0.4) is 0 Å². The Balaban J connectivity index is 1.79. The summed E-state index contributed by atoms with van der Waals surface area (Å²) < 4.78 is 5.42. The van der Waals surface area contributed by atoms with Crippen LogP contribution in [0, 0.1) is 17.0 Å². The molecule has 0 bridgehead atoms. The third-order valence-corrected chi connectivity index (χ3v) is 4.58. The van der Waals surface area contributed by atoms with Gasteiger partial charge < -0.3 is 15.0 Å². The number of nitrogens with zero attached hydrogens (tertiary/aromatic N) is 2. The number of benzene rings is 2. The average Bonchev–Trinajstić information content (AvgIpc) is 2.62. The van der Waals surface area contributed by atoms with E-state index in [0.717, 1.165) is 43.1 Å². The van der Waals surface area contributed by atoms with Gasteiger partial charge in [0.15, 0.2) is 0 Å². The van der Waals surface area contributed by atoms with Gasteiger partial charge in [-0.3, -0.25) is 10.1 Å². The number of aryl methyl sites for hydroxylation is 1. The van der Waals surface area contributed by atoms with Crippen molar-refractivity contribution in [3.8, 4) is 0 Å². The van der Waals surface area contributed by atoms with Crippen LogP contribution in [0.4, 0.5) is 17.1 Å². The molecule has 1 fully saturated rings. The lowest BCUT2D eigenvalue weighted by atomic mass is 10.1. The van der Waals surface area contributed by atoms with E-state index in [4.69, 9.17) is 16.3 Å². The molecule has 0 aromatic heterocycles. The molecule has 0 spiro atoms. The maximum Gasteiger partial charge on any atom is 0.271 e. The zero-order valence-electron chi connectivity index (χ0n) is 14.0. The van der Waals surface area contributed by atoms with E-state index < -0.39 is 4.92 Å². The van der Waals surface area contributed by atoms with Gasteiger partial charge in [0, 0.05) is 37.5 Å². The number of morpholine rings is 1. The van der Waals surface area contributed by atoms with Gasteiger partial charge in [-0.25, -0.2) is 0 Å². The van der Waals surface area contributed by atoms with Crippen molar-refractivity contribution in [3.63, 3.8) is 0 Å². The van der Waals surface area contributed by atoms with E-state index in [-0.39, 0.29) is 5.69 Å². The first-order chi connectivity index (χ1) is 12.1. The van der Waals surface area contributed by atoms with Crippen LogP contribution in [-0.2, 0) is 11.3 Å². The molecule has 0 aliphatic carbocycles. The molecule has 1 heterocycles. The fraction of sp³-hybridized carbons (Fsp3) is 0.333. The molecule has 1 aliphatic heterocycles. The number of rotatable bonds is 5. The fourth-order valence-electron chi connectivity index (χ4n) is 3.01. The molecule has 2 aromatic rings. The van der Waals surface area contributed by atoms with Gasteiger partial charge in [-0.05, 0) is 24.1 Å². The molecular weight excluding hydrogens is 342 g/mol. The second-order valence-corrected chi connectivity index (χ2v) is 6.37. The number of nitro benzene ring substituents is 1. The topological polar surface area (TPSA) is 67.6 Å². The monoisotopic (exact) mass is 361 g/mol. The largest absolute Gasteiger partial charge is 0.379 e. The summed E-state index contributed by atoms with van der Waals surface area (Å²) in [6.07, 6.45) is 0. The van der Waals surface area contributed by atoms with E-state index >= 15 is 0 Å². The van der Waals surface area contributed by atoms with Crippen LogP contribution in [0.1, 0.15) is 11.1 Å². The Bertz CT molecular complexity index is 753. The van der Waals surface area contributed by atoms with Crippen LogP contribution < -0.4 is 10.2 Å². The molecule has 3 rings (SSSR count). The van der Waals surface area contributed by atoms with Gasteiger partial charge in [0.25, 0.3) is 5.69 Å². The van der Waals surface area contributed by atoms with Gasteiger partial charge in [0.05, 0.1) is 28.8 Å². The zero-order valence-corrected chi connectivity index (χ0v) is 14.8. The van der Waals surface area contributed by atoms with E-state index in [9.17, 15) is 10.1 Å². The molecule has 0 radical (unpaired) electrons. The molecule has 1 N–H and O–H groups in total. The van der Waals surface area contributed by atoms with Gasteiger partial charge >= 0.3 is 0 Å². The Labute approximate surface area is 151 Å². The molecule has 6 nitrogen and oxygen atoms in total. The maximum atomic E-state index is 10.9. The molecule has 25 heavy (non-hydrogen) atoms. The van der Waals surface area contributed by atoms with Crippen LogP contribution in [0.25, 0.3) is 0 Å². The van der Waals surface area contributed by atoms with Crippen molar-refractivity contribution in [1.82, 2.24) is 0 Å². The predicted octanol–water partition coefficient (Wildman–Crippen LogP) is 4.01. The lowest BCUT2D eigenvalue weighted by Crippen LogP contribution is -2.36. The number of hydrogen-bond acceptors (Lipinski definition) is 5. The molecule has 2 aromatic carbocycles. The number of halogens is 1. The van der Waals surface area contributed by atoms with Crippen molar-refractivity contribution < 1.29 is 9.66 Å². The van der Waals surface area contributed by atoms with Crippen LogP contribution in [0.5, 0.6) is 0 Å². The fourth-order valence-corrected chi connectivity index (χ4v) is 3.34. The van der Waals surface area contributed by atoms with Gasteiger partial charge in [-0.1, -0.05) is 29.8 Å². The van der Waals surface area contributed by atoms with E-state index in [1.165, 1.54) is 17.8 Å². The molecule has 1 saturated heterocycles. The highest BCUT2D eigenvalue weighted by molar-refractivity contribution is 6.33. The molecule has 0 amide bonds. The summed E-state index contributed by atoms with van der Waals surface area (Å²) in [5.74, 6) is 0. The van der Waals surface area contributed by atoms with Crippen molar-refractivity contribution >= 4 is 28.7 Å². The number of ether oxygens (including phenoxy) is 1. The Morgan fingerprint density at radius 2 is 2.00 bits per heavy atom. The van der Waals surface area contributed by atoms with Crippen LogP contribution in [0.2, 0.25) is 5.02 Å². The number of hydrogen-bond donors (Lipinski definition) is 1. The van der Waals surface area contributed by atoms with Gasteiger partial charge in [0.2, 0.25) is 0 Å². The van der Waals surface area contributed by atoms with Crippen molar-refractivity contribution in [3.05, 3.63) is 62.7 Å². The molecule has 1 aliphatic rings. The summed E-state index contributed by atoms with van der Waals surface area (Å²) in [4.78, 5) is 12.8. The van der Waals surface area contributed by atoms with Crippen LogP contribution in [0.15, 0.2) is 36.4 Å². The molecular formula is C18H20ClN3O3. The van der Waals surface area contributed by atoms with Crippen LogP contribution in [-0.4, -0.2) is 31.2 Å².